The van der Waals surface area contributed by atoms with Gasteiger partial charge in [-0.05, 0) is 42.8 Å². The molecule has 0 aliphatic carbocycles. The summed E-state index contributed by atoms with van der Waals surface area (Å²) < 4.78 is 16.6. The van der Waals surface area contributed by atoms with Crippen LogP contribution in [0.1, 0.15) is 17.7 Å². The van der Waals surface area contributed by atoms with Crippen molar-refractivity contribution in [3.8, 4) is 5.69 Å². The van der Waals surface area contributed by atoms with Crippen LogP contribution in [0, 0.1) is 12.7 Å². The fraction of sp³-hybridized carbons (Fsp3) is 0.167. The zero-order valence-corrected chi connectivity index (χ0v) is 20.1. The first-order chi connectivity index (χ1) is 16.3. The lowest BCUT2D eigenvalue weighted by Crippen LogP contribution is -2.32. The standard InChI is InChI=1S/C24H21FN4O3S2/c1-15-21(23(32)29(27(15)2)18-6-4-3-5-7-18)26-20(30)12-13-28-22(31)19(34-24(28)33)14-16-8-10-17(25)11-9-16/h3-11,14H,12-13H2,1-2H3,(H,26,30)/b19-14-. The Morgan fingerprint density at radius 2 is 1.79 bits per heavy atom. The first kappa shape index (κ1) is 23.7. The Kier molecular flexibility index (Phi) is 6.80. The molecule has 0 spiro atoms. The Balaban J connectivity index is 1.44. The predicted molar refractivity (Wildman–Crippen MR) is 135 cm³/mol. The molecule has 1 N–H and O–H groups in total. The molecular formula is C24H21FN4O3S2. The maximum Gasteiger partial charge on any atom is 0.295 e. The number of hydrogen-bond donors (Lipinski definition) is 1. The van der Waals surface area contributed by atoms with Crippen LogP contribution in [0.15, 0.2) is 64.3 Å². The fourth-order valence-corrected chi connectivity index (χ4v) is 4.84. The van der Waals surface area contributed by atoms with Crippen LogP contribution >= 0.6 is 24.0 Å². The molecule has 34 heavy (non-hydrogen) atoms. The van der Waals surface area contributed by atoms with Crippen LogP contribution in [0.2, 0.25) is 0 Å². The Hall–Kier alpha value is -3.50. The summed E-state index contributed by atoms with van der Waals surface area (Å²) in [5.74, 6) is -1.07. The van der Waals surface area contributed by atoms with Gasteiger partial charge < -0.3 is 5.32 Å². The number of nitrogens with one attached hydrogen (secondary N) is 1. The van der Waals surface area contributed by atoms with Crippen molar-refractivity contribution in [3.63, 3.8) is 0 Å². The zero-order valence-electron chi connectivity index (χ0n) is 18.4. The van der Waals surface area contributed by atoms with Gasteiger partial charge in [0.25, 0.3) is 11.5 Å². The highest BCUT2D eigenvalue weighted by molar-refractivity contribution is 8.26. The van der Waals surface area contributed by atoms with E-state index in [0.717, 1.165) is 11.8 Å². The fourth-order valence-electron chi connectivity index (χ4n) is 3.53. The van der Waals surface area contributed by atoms with E-state index in [1.165, 1.54) is 21.7 Å². The summed E-state index contributed by atoms with van der Waals surface area (Å²) in [6, 6.07) is 14.9. The molecule has 1 saturated heterocycles. The topological polar surface area (TPSA) is 76.3 Å². The lowest BCUT2D eigenvalue weighted by molar-refractivity contribution is -0.122. The number of halogens is 1. The van der Waals surface area contributed by atoms with Crippen molar-refractivity contribution in [3.05, 3.63) is 86.9 Å². The van der Waals surface area contributed by atoms with Crippen LogP contribution in [0.25, 0.3) is 11.8 Å². The predicted octanol–water partition coefficient (Wildman–Crippen LogP) is 3.85. The molecule has 0 saturated carbocycles. The number of rotatable bonds is 6. The molecule has 0 bridgehead atoms. The van der Waals surface area contributed by atoms with Crippen molar-refractivity contribution >= 4 is 51.9 Å². The number of thioether (sulfide) groups is 1. The van der Waals surface area contributed by atoms with Gasteiger partial charge in [0.05, 0.1) is 16.3 Å². The van der Waals surface area contributed by atoms with Crippen molar-refractivity contribution < 1.29 is 14.0 Å². The molecular weight excluding hydrogens is 475 g/mol. The number of hydrogen-bond acceptors (Lipinski definition) is 5. The van der Waals surface area contributed by atoms with Gasteiger partial charge in [-0.15, -0.1) is 0 Å². The van der Waals surface area contributed by atoms with Crippen molar-refractivity contribution in [2.45, 2.75) is 13.3 Å². The molecule has 0 atom stereocenters. The van der Waals surface area contributed by atoms with E-state index < -0.39 is 5.91 Å². The third kappa shape index (κ3) is 4.73. The van der Waals surface area contributed by atoms with Gasteiger partial charge in [-0.1, -0.05) is 54.3 Å². The Labute approximate surface area is 204 Å². The lowest BCUT2D eigenvalue weighted by atomic mass is 10.2. The summed E-state index contributed by atoms with van der Waals surface area (Å²) in [6.07, 6.45) is 1.60. The maximum absolute atomic E-state index is 13.1. The molecule has 174 valence electrons. The summed E-state index contributed by atoms with van der Waals surface area (Å²) in [5.41, 5.74) is 1.82. The van der Waals surface area contributed by atoms with Crippen molar-refractivity contribution in [2.24, 2.45) is 7.05 Å². The van der Waals surface area contributed by atoms with Gasteiger partial charge in [-0.25, -0.2) is 9.07 Å². The Morgan fingerprint density at radius 1 is 1.12 bits per heavy atom. The minimum absolute atomic E-state index is 0.0324. The van der Waals surface area contributed by atoms with Crippen LogP contribution < -0.4 is 10.9 Å². The number of para-hydroxylation sites is 1. The van der Waals surface area contributed by atoms with Gasteiger partial charge >= 0.3 is 0 Å². The molecule has 1 fully saturated rings. The highest BCUT2D eigenvalue weighted by Gasteiger charge is 2.32. The van der Waals surface area contributed by atoms with Crippen molar-refractivity contribution in [1.82, 2.24) is 14.3 Å². The van der Waals surface area contributed by atoms with Gasteiger partial charge in [0.15, 0.2) is 0 Å². The first-order valence-corrected chi connectivity index (χ1v) is 11.6. The molecule has 7 nitrogen and oxygen atoms in total. The largest absolute Gasteiger partial charge is 0.320 e. The molecule has 10 heteroatoms. The minimum Gasteiger partial charge on any atom is -0.320 e. The molecule has 2 amide bonds. The minimum atomic E-state index is -0.400. The number of benzene rings is 2. The lowest BCUT2D eigenvalue weighted by Gasteiger charge is -2.13. The van der Waals surface area contributed by atoms with Crippen LogP contribution in [0.4, 0.5) is 10.1 Å². The second-order valence-corrected chi connectivity index (χ2v) is 9.30. The van der Waals surface area contributed by atoms with Crippen molar-refractivity contribution in [2.75, 3.05) is 11.9 Å². The normalized spacial score (nSPS) is 14.8. The van der Waals surface area contributed by atoms with Crippen LogP contribution in [-0.2, 0) is 16.6 Å². The van der Waals surface area contributed by atoms with E-state index in [4.69, 9.17) is 12.2 Å². The molecule has 4 rings (SSSR count). The number of carbonyl (C=O) groups is 2. The van der Waals surface area contributed by atoms with E-state index in [2.05, 4.69) is 5.32 Å². The number of nitrogens with zero attached hydrogens (tertiary/aromatic N) is 3. The highest BCUT2D eigenvalue weighted by atomic mass is 32.2. The highest BCUT2D eigenvalue weighted by Crippen LogP contribution is 2.32. The smallest absolute Gasteiger partial charge is 0.295 e. The molecule has 1 aromatic heterocycles. The quantitative estimate of drug-likeness (QED) is 0.414. The molecule has 1 aliphatic heterocycles. The molecule has 0 unspecified atom stereocenters. The van der Waals surface area contributed by atoms with Gasteiger partial charge in [-0.3, -0.25) is 24.0 Å². The van der Waals surface area contributed by atoms with Crippen LogP contribution in [-0.4, -0.2) is 36.9 Å². The average Bonchev–Trinajstić information content (AvgIpc) is 3.20. The van der Waals surface area contributed by atoms with Crippen molar-refractivity contribution in [1.29, 1.82) is 0 Å². The number of anilines is 1. The zero-order chi connectivity index (χ0) is 24.4. The van der Waals surface area contributed by atoms with Gasteiger partial charge in [0.1, 0.15) is 15.8 Å². The van der Waals surface area contributed by atoms with Gasteiger partial charge in [0.2, 0.25) is 5.91 Å². The summed E-state index contributed by atoms with van der Waals surface area (Å²) in [7, 11) is 1.74. The van der Waals surface area contributed by atoms with E-state index in [0.29, 0.717) is 26.2 Å². The Bertz CT molecular complexity index is 1360. The maximum atomic E-state index is 13.1. The molecule has 1 aliphatic rings. The van der Waals surface area contributed by atoms with Gasteiger partial charge in [-0.2, -0.15) is 0 Å². The summed E-state index contributed by atoms with van der Waals surface area (Å²) in [5, 5.41) is 2.69. The second-order valence-electron chi connectivity index (χ2n) is 7.62. The number of aromatic nitrogens is 2. The SMILES string of the molecule is Cc1c(NC(=O)CCN2C(=O)/C(=C/c3ccc(F)cc3)SC2=S)c(=O)n(-c2ccccc2)n1C. The van der Waals surface area contributed by atoms with E-state index in [1.54, 1.807) is 49.0 Å². The van der Waals surface area contributed by atoms with E-state index in [1.807, 2.05) is 18.2 Å². The summed E-state index contributed by atoms with van der Waals surface area (Å²) >= 11 is 6.44. The summed E-state index contributed by atoms with van der Waals surface area (Å²) in [6.45, 7) is 1.83. The van der Waals surface area contributed by atoms with Crippen LogP contribution in [0.3, 0.4) is 0 Å². The second kappa shape index (κ2) is 9.78. The molecule has 3 aromatic rings. The third-order valence-electron chi connectivity index (χ3n) is 5.42. The molecule has 2 heterocycles. The number of thiocarbonyl (C=S) groups is 1. The van der Waals surface area contributed by atoms with E-state index in [9.17, 15) is 18.8 Å². The van der Waals surface area contributed by atoms with E-state index >= 15 is 0 Å². The molecule has 0 radical (unpaired) electrons. The Morgan fingerprint density at radius 3 is 2.47 bits per heavy atom. The number of amides is 2. The molecule has 2 aromatic carbocycles. The van der Waals surface area contributed by atoms with Gasteiger partial charge in [0, 0.05) is 20.0 Å². The third-order valence-corrected chi connectivity index (χ3v) is 6.80. The van der Waals surface area contributed by atoms with Crippen LogP contribution in [0.5, 0.6) is 0 Å². The first-order valence-electron chi connectivity index (χ1n) is 10.4. The number of carbonyl (C=O) groups excluding carboxylic acids is 2. The average molecular weight is 497 g/mol. The van der Waals surface area contributed by atoms with E-state index in [-0.39, 0.29) is 35.9 Å². The summed E-state index contributed by atoms with van der Waals surface area (Å²) in [4.78, 5) is 40.1. The monoisotopic (exact) mass is 496 g/mol.